The minimum Gasteiger partial charge on any atom is -0.452 e. The van der Waals surface area contributed by atoms with Crippen LogP contribution in [0.15, 0.2) is 46.9 Å². The van der Waals surface area contributed by atoms with E-state index in [-0.39, 0.29) is 35.7 Å². The molecule has 0 aliphatic heterocycles. The molecule has 0 atom stereocenters. The molecule has 1 aromatic heterocycles. The number of rotatable bonds is 7. The van der Waals surface area contributed by atoms with E-state index >= 15 is 0 Å². The molecular formula is C19H15ClN4O5. The SMILES string of the molecule is O=C(OCc1nnc(-c2ccc(Cl)cc2)o1)c1ccc(NC2CC2)c([N+](=O)[O-])c1. The third-order valence-electron chi connectivity index (χ3n) is 4.25. The van der Waals surface area contributed by atoms with Crippen molar-refractivity contribution in [2.75, 3.05) is 5.32 Å². The quantitative estimate of drug-likeness (QED) is 0.346. The van der Waals surface area contributed by atoms with Crippen LogP contribution in [-0.2, 0) is 11.3 Å². The van der Waals surface area contributed by atoms with Gasteiger partial charge in [-0.15, -0.1) is 10.2 Å². The highest BCUT2D eigenvalue weighted by atomic mass is 35.5. The van der Waals surface area contributed by atoms with Crippen LogP contribution in [0.3, 0.4) is 0 Å². The Morgan fingerprint density at radius 2 is 2.00 bits per heavy atom. The molecule has 3 aromatic rings. The van der Waals surface area contributed by atoms with E-state index < -0.39 is 10.9 Å². The lowest BCUT2D eigenvalue weighted by molar-refractivity contribution is -0.384. The van der Waals surface area contributed by atoms with E-state index in [0.29, 0.717) is 16.3 Å². The molecule has 0 amide bonds. The zero-order chi connectivity index (χ0) is 20.4. The van der Waals surface area contributed by atoms with Crippen LogP contribution in [0.4, 0.5) is 11.4 Å². The zero-order valence-corrected chi connectivity index (χ0v) is 15.8. The van der Waals surface area contributed by atoms with Crippen LogP contribution in [0.1, 0.15) is 29.1 Å². The fourth-order valence-corrected chi connectivity index (χ4v) is 2.74. The Kier molecular flexibility index (Phi) is 5.13. The highest BCUT2D eigenvalue weighted by molar-refractivity contribution is 6.30. The molecular weight excluding hydrogens is 400 g/mol. The smallest absolute Gasteiger partial charge is 0.338 e. The second-order valence-corrected chi connectivity index (χ2v) is 6.93. The minimum atomic E-state index is -0.725. The maximum absolute atomic E-state index is 12.3. The maximum Gasteiger partial charge on any atom is 0.338 e. The van der Waals surface area contributed by atoms with Gasteiger partial charge in [0.2, 0.25) is 5.89 Å². The van der Waals surface area contributed by atoms with Crippen LogP contribution in [0.2, 0.25) is 5.02 Å². The molecule has 1 fully saturated rings. The zero-order valence-electron chi connectivity index (χ0n) is 15.0. The van der Waals surface area contributed by atoms with Crippen molar-refractivity contribution in [3.05, 3.63) is 69.1 Å². The van der Waals surface area contributed by atoms with Crippen LogP contribution in [0, 0.1) is 10.1 Å². The first kappa shape index (κ1) is 18.9. The second-order valence-electron chi connectivity index (χ2n) is 6.49. The van der Waals surface area contributed by atoms with Crippen molar-refractivity contribution >= 4 is 28.9 Å². The van der Waals surface area contributed by atoms with Crippen molar-refractivity contribution in [2.24, 2.45) is 0 Å². The maximum atomic E-state index is 12.3. The lowest BCUT2D eigenvalue weighted by Gasteiger charge is -2.07. The van der Waals surface area contributed by atoms with Crippen molar-refractivity contribution in [1.29, 1.82) is 0 Å². The average molecular weight is 415 g/mol. The molecule has 0 saturated heterocycles. The number of halogens is 1. The molecule has 4 rings (SSSR count). The van der Waals surface area contributed by atoms with E-state index in [4.69, 9.17) is 20.8 Å². The number of ether oxygens (including phenoxy) is 1. The number of benzene rings is 2. The monoisotopic (exact) mass is 414 g/mol. The minimum absolute atomic E-state index is 0.0653. The predicted molar refractivity (Wildman–Crippen MR) is 104 cm³/mol. The van der Waals surface area contributed by atoms with E-state index in [9.17, 15) is 14.9 Å². The fourth-order valence-electron chi connectivity index (χ4n) is 2.61. The number of anilines is 1. The molecule has 10 heteroatoms. The molecule has 9 nitrogen and oxygen atoms in total. The van der Waals surface area contributed by atoms with Crippen LogP contribution >= 0.6 is 11.6 Å². The van der Waals surface area contributed by atoms with Gasteiger partial charge in [-0.2, -0.15) is 0 Å². The molecule has 1 aliphatic rings. The fraction of sp³-hybridized carbons (Fsp3) is 0.211. The Morgan fingerprint density at radius 1 is 1.24 bits per heavy atom. The number of nitrogens with zero attached hydrogens (tertiary/aromatic N) is 3. The average Bonchev–Trinajstić information content (AvgIpc) is 3.40. The Labute approximate surface area is 169 Å². The topological polar surface area (TPSA) is 120 Å². The first-order valence-corrected chi connectivity index (χ1v) is 9.18. The number of hydrogen-bond acceptors (Lipinski definition) is 8. The van der Waals surface area contributed by atoms with E-state index in [2.05, 4.69) is 15.5 Å². The Bertz CT molecular complexity index is 1060. The molecule has 1 N–H and O–H groups in total. The highest BCUT2D eigenvalue weighted by Crippen LogP contribution is 2.31. The number of carbonyl (C=O) groups excluding carboxylic acids is 1. The summed E-state index contributed by atoms with van der Waals surface area (Å²) in [6.45, 7) is -0.255. The number of nitrogens with one attached hydrogen (secondary N) is 1. The summed E-state index contributed by atoms with van der Waals surface area (Å²) in [6.07, 6.45) is 1.95. The van der Waals surface area contributed by atoms with Crippen molar-refractivity contribution < 1.29 is 18.9 Å². The highest BCUT2D eigenvalue weighted by Gasteiger charge is 2.26. The summed E-state index contributed by atoms with van der Waals surface area (Å²) in [5.41, 5.74) is 0.956. The molecule has 148 valence electrons. The number of aromatic nitrogens is 2. The van der Waals surface area contributed by atoms with Gasteiger partial charge in [0, 0.05) is 22.7 Å². The number of nitro benzene ring substituents is 1. The third-order valence-corrected chi connectivity index (χ3v) is 4.50. The van der Waals surface area contributed by atoms with E-state index in [1.54, 1.807) is 24.3 Å². The normalized spacial score (nSPS) is 13.1. The first-order chi connectivity index (χ1) is 14.0. The summed E-state index contributed by atoms with van der Waals surface area (Å²) < 4.78 is 10.6. The van der Waals surface area contributed by atoms with Crippen LogP contribution < -0.4 is 5.32 Å². The molecule has 1 aliphatic carbocycles. The van der Waals surface area contributed by atoms with Gasteiger partial charge in [0.25, 0.3) is 11.6 Å². The molecule has 2 aromatic carbocycles. The molecule has 1 heterocycles. The number of hydrogen-bond donors (Lipinski definition) is 1. The summed E-state index contributed by atoms with van der Waals surface area (Å²) in [4.78, 5) is 23.1. The second kappa shape index (κ2) is 7.88. The standard InChI is InChI=1S/C19H15ClN4O5/c20-13-4-1-11(2-5-13)18-23-22-17(29-18)10-28-19(25)12-3-8-15(21-14-6-7-14)16(9-12)24(26)27/h1-5,8-9,14,21H,6-7,10H2. The van der Waals surface area contributed by atoms with Crippen molar-refractivity contribution in [2.45, 2.75) is 25.5 Å². The largest absolute Gasteiger partial charge is 0.452 e. The molecule has 29 heavy (non-hydrogen) atoms. The lowest BCUT2D eigenvalue weighted by atomic mass is 10.1. The third kappa shape index (κ3) is 4.52. The number of nitro groups is 1. The summed E-state index contributed by atoms with van der Waals surface area (Å²) in [5, 5.41) is 22.7. The molecule has 0 spiro atoms. The first-order valence-electron chi connectivity index (χ1n) is 8.80. The van der Waals surface area contributed by atoms with Crippen LogP contribution in [0.25, 0.3) is 11.5 Å². The summed E-state index contributed by atoms with van der Waals surface area (Å²) >= 11 is 5.85. The predicted octanol–water partition coefficient (Wildman–Crippen LogP) is 4.23. The van der Waals surface area contributed by atoms with Gasteiger partial charge in [-0.3, -0.25) is 10.1 Å². The van der Waals surface area contributed by atoms with E-state index in [1.165, 1.54) is 18.2 Å². The van der Waals surface area contributed by atoms with Gasteiger partial charge >= 0.3 is 5.97 Å². The molecule has 0 bridgehead atoms. The van der Waals surface area contributed by atoms with Gasteiger partial charge in [0.15, 0.2) is 6.61 Å². The van der Waals surface area contributed by atoms with E-state index in [1.807, 2.05) is 0 Å². The van der Waals surface area contributed by atoms with Crippen LogP contribution in [0.5, 0.6) is 0 Å². The number of esters is 1. The van der Waals surface area contributed by atoms with Gasteiger partial charge in [0.1, 0.15) is 5.69 Å². The van der Waals surface area contributed by atoms with Crippen LogP contribution in [-0.4, -0.2) is 27.1 Å². The Balaban J connectivity index is 1.42. The van der Waals surface area contributed by atoms with Crippen molar-refractivity contribution in [3.8, 4) is 11.5 Å². The summed E-state index contributed by atoms with van der Waals surface area (Å²) in [5.74, 6) is -0.360. The Hall–Kier alpha value is -3.46. The molecule has 1 saturated carbocycles. The van der Waals surface area contributed by atoms with Gasteiger partial charge in [-0.1, -0.05) is 11.6 Å². The van der Waals surface area contributed by atoms with E-state index in [0.717, 1.165) is 12.8 Å². The lowest BCUT2D eigenvalue weighted by Crippen LogP contribution is -2.08. The van der Waals surface area contributed by atoms with Gasteiger partial charge < -0.3 is 14.5 Å². The summed E-state index contributed by atoms with van der Waals surface area (Å²) in [6, 6.07) is 11.3. The number of carbonyl (C=O) groups is 1. The Morgan fingerprint density at radius 3 is 2.69 bits per heavy atom. The van der Waals surface area contributed by atoms with Crippen molar-refractivity contribution in [3.63, 3.8) is 0 Å². The molecule has 0 unspecified atom stereocenters. The van der Waals surface area contributed by atoms with Gasteiger partial charge in [0.05, 0.1) is 10.5 Å². The van der Waals surface area contributed by atoms with Gasteiger partial charge in [-0.05, 0) is 49.2 Å². The molecule has 0 radical (unpaired) electrons. The summed E-state index contributed by atoms with van der Waals surface area (Å²) in [7, 11) is 0. The van der Waals surface area contributed by atoms with Gasteiger partial charge in [-0.25, -0.2) is 4.79 Å². The van der Waals surface area contributed by atoms with Crippen molar-refractivity contribution in [1.82, 2.24) is 10.2 Å².